The fraction of sp³-hybridized carbons (Fsp3) is 0.250. The molecule has 1 aromatic heterocycles. The Morgan fingerprint density at radius 1 is 1.35 bits per heavy atom. The van der Waals surface area contributed by atoms with Gasteiger partial charge >= 0.3 is 0 Å². The highest BCUT2D eigenvalue weighted by Crippen LogP contribution is 2.24. The van der Waals surface area contributed by atoms with Crippen LogP contribution in [0.5, 0.6) is 0 Å². The van der Waals surface area contributed by atoms with Crippen LogP contribution < -0.4 is 11.1 Å². The largest absolute Gasteiger partial charge is 0.399 e. The Bertz CT molecular complexity index is 519. The molecule has 0 spiro atoms. The topological polar surface area (TPSA) is 55.9 Å². The van der Waals surface area contributed by atoms with Crippen molar-refractivity contribution >= 4 is 39.8 Å². The summed E-state index contributed by atoms with van der Waals surface area (Å²) < 4.78 is 3.01. The fourth-order valence-corrected chi connectivity index (χ4v) is 2.14. The Morgan fingerprint density at radius 3 is 2.71 bits per heavy atom. The van der Waals surface area contributed by atoms with Crippen molar-refractivity contribution in [2.45, 2.75) is 19.9 Å². The zero-order valence-corrected chi connectivity index (χ0v) is 12.0. The van der Waals surface area contributed by atoms with Crippen LogP contribution in [-0.4, -0.2) is 9.78 Å². The van der Waals surface area contributed by atoms with Crippen molar-refractivity contribution in [1.29, 1.82) is 0 Å². The van der Waals surface area contributed by atoms with E-state index in [0.29, 0.717) is 6.04 Å². The van der Waals surface area contributed by atoms with Crippen LogP contribution in [0.1, 0.15) is 19.9 Å². The molecule has 0 aliphatic rings. The Labute approximate surface area is 114 Å². The minimum atomic E-state index is 0.371. The second kappa shape index (κ2) is 4.95. The fourth-order valence-electron chi connectivity index (χ4n) is 1.46. The molecule has 1 heterocycles. The van der Waals surface area contributed by atoms with E-state index in [-0.39, 0.29) is 0 Å². The highest BCUT2D eigenvalue weighted by atomic mass is 127. The van der Waals surface area contributed by atoms with Crippen LogP contribution in [0.4, 0.5) is 17.2 Å². The second-order valence-corrected chi connectivity index (χ2v) is 5.30. The molecule has 1 aromatic carbocycles. The minimum Gasteiger partial charge on any atom is -0.399 e. The molecule has 0 bridgehead atoms. The van der Waals surface area contributed by atoms with Gasteiger partial charge in [-0.3, -0.25) is 4.68 Å². The van der Waals surface area contributed by atoms with Gasteiger partial charge in [0.05, 0.1) is 5.69 Å². The highest BCUT2D eigenvalue weighted by molar-refractivity contribution is 14.1. The standard InChI is InChI=1S/C12H15IN4/c1-8(2)17-6-5-12(16-17)15-11-4-3-9(14)7-10(11)13/h3-8H,14H2,1-2H3,(H,15,16). The Morgan fingerprint density at radius 2 is 2.12 bits per heavy atom. The molecule has 2 aromatic rings. The third kappa shape index (κ3) is 2.91. The van der Waals surface area contributed by atoms with E-state index in [1.165, 1.54) is 0 Å². The van der Waals surface area contributed by atoms with Gasteiger partial charge in [0.1, 0.15) is 0 Å². The number of aromatic nitrogens is 2. The molecule has 0 unspecified atom stereocenters. The van der Waals surface area contributed by atoms with E-state index in [1.807, 2.05) is 35.1 Å². The lowest BCUT2D eigenvalue weighted by atomic mass is 10.3. The normalized spacial score (nSPS) is 10.8. The van der Waals surface area contributed by atoms with Gasteiger partial charge in [0.2, 0.25) is 0 Å². The van der Waals surface area contributed by atoms with E-state index in [4.69, 9.17) is 5.73 Å². The molecule has 0 saturated carbocycles. The first-order chi connectivity index (χ1) is 8.06. The quantitative estimate of drug-likeness (QED) is 0.664. The van der Waals surface area contributed by atoms with Gasteiger partial charge in [0.25, 0.3) is 0 Å². The first-order valence-electron chi connectivity index (χ1n) is 5.43. The maximum absolute atomic E-state index is 5.71. The number of anilines is 3. The summed E-state index contributed by atoms with van der Waals surface area (Å²) in [7, 11) is 0. The van der Waals surface area contributed by atoms with Crippen molar-refractivity contribution in [3.05, 3.63) is 34.0 Å². The number of benzene rings is 1. The summed E-state index contributed by atoms with van der Waals surface area (Å²) in [5, 5.41) is 7.72. The van der Waals surface area contributed by atoms with E-state index < -0.39 is 0 Å². The van der Waals surface area contributed by atoms with Gasteiger partial charge in [-0.05, 0) is 54.6 Å². The molecule has 0 saturated heterocycles. The van der Waals surface area contributed by atoms with E-state index in [0.717, 1.165) is 20.8 Å². The molecule has 0 amide bonds. The Hall–Kier alpha value is -1.24. The van der Waals surface area contributed by atoms with Crippen LogP contribution in [0, 0.1) is 3.57 Å². The number of halogens is 1. The van der Waals surface area contributed by atoms with Gasteiger partial charge in [-0.1, -0.05) is 0 Å². The first kappa shape index (κ1) is 12.2. The summed E-state index contributed by atoms with van der Waals surface area (Å²) in [6.07, 6.45) is 1.97. The monoisotopic (exact) mass is 342 g/mol. The van der Waals surface area contributed by atoms with Crippen molar-refractivity contribution in [3.63, 3.8) is 0 Å². The smallest absolute Gasteiger partial charge is 0.152 e. The zero-order valence-electron chi connectivity index (χ0n) is 9.81. The van der Waals surface area contributed by atoms with Crippen LogP contribution in [0.25, 0.3) is 0 Å². The van der Waals surface area contributed by atoms with Crippen molar-refractivity contribution in [3.8, 4) is 0 Å². The average molecular weight is 342 g/mol. The van der Waals surface area contributed by atoms with E-state index in [2.05, 4.69) is 46.9 Å². The summed E-state index contributed by atoms with van der Waals surface area (Å²) in [6, 6.07) is 8.11. The Balaban J connectivity index is 2.19. The lowest BCUT2D eigenvalue weighted by Crippen LogP contribution is -2.02. The number of nitrogens with two attached hydrogens (primary N) is 1. The maximum atomic E-state index is 5.71. The first-order valence-corrected chi connectivity index (χ1v) is 6.51. The van der Waals surface area contributed by atoms with Gasteiger partial charge in [-0.15, -0.1) is 0 Å². The summed E-state index contributed by atoms with van der Waals surface area (Å²) in [5.74, 6) is 0.849. The summed E-state index contributed by atoms with van der Waals surface area (Å²) in [4.78, 5) is 0. The molecule has 3 N–H and O–H groups in total. The highest BCUT2D eigenvalue weighted by Gasteiger charge is 2.04. The van der Waals surface area contributed by atoms with E-state index in [1.54, 1.807) is 0 Å². The molecule has 0 aliphatic carbocycles. The third-order valence-electron chi connectivity index (χ3n) is 2.39. The average Bonchev–Trinajstić information content (AvgIpc) is 2.71. The van der Waals surface area contributed by atoms with Crippen LogP contribution >= 0.6 is 22.6 Å². The molecular formula is C12H15IN4. The summed E-state index contributed by atoms with van der Waals surface area (Å²) >= 11 is 2.26. The molecule has 5 heteroatoms. The van der Waals surface area contributed by atoms with Gasteiger partial charge in [-0.25, -0.2) is 0 Å². The zero-order chi connectivity index (χ0) is 12.4. The molecule has 0 fully saturated rings. The molecule has 2 rings (SSSR count). The number of rotatable bonds is 3. The number of hydrogen-bond donors (Lipinski definition) is 2. The van der Waals surface area contributed by atoms with Crippen LogP contribution in [0.2, 0.25) is 0 Å². The maximum Gasteiger partial charge on any atom is 0.152 e. The predicted octanol–water partition coefficient (Wildman–Crippen LogP) is 3.39. The minimum absolute atomic E-state index is 0.371. The van der Waals surface area contributed by atoms with Gasteiger partial charge < -0.3 is 11.1 Å². The number of nitrogens with one attached hydrogen (secondary N) is 1. The van der Waals surface area contributed by atoms with Gasteiger partial charge in [-0.2, -0.15) is 5.10 Å². The number of nitrogen functional groups attached to an aromatic ring is 1. The second-order valence-electron chi connectivity index (χ2n) is 4.14. The third-order valence-corrected chi connectivity index (χ3v) is 3.29. The van der Waals surface area contributed by atoms with Gasteiger partial charge in [0.15, 0.2) is 5.82 Å². The summed E-state index contributed by atoms with van der Waals surface area (Å²) in [5.41, 5.74) is 7.51. The molecule has 0 atom stereocenters. The van der Waals surface area contributed by atoms with Crippen LogP contribution in [0.3, 0.4) is 0 Å². The number of nitrogens with zero attached hydrogens (tertiary/aromatic N) is 2. The molecule has 17 heavy (non-hydrogen) atoms. The SMILES string of the molecule is CC(C)n1ccc(Nc2ccc(N)cc2I)n1. The van der Waals surface area contributed by atoms with E-state index >= 15 is 0 Å². The van der Waals surface area contributed by atoms with Crippen LogP contribution in [-0.2, 0) is 0 Å². The van der Waals surface area contributed by atoms with Crippen LogP contribution in [0.15, 0.2) is 30.5 Å². The van der Waals surface area contributed by atoms with Crippen molar-refractivity contribution in [2.24, 2.45) is 0 Å². The Kier molecular flexibility index (Phi) is 3.56. The molecule has 0 aliphatic heterocycles. The van der Waals surface area contributed by atoms with Gasteiger partial charge in [0, 0.05) is 27.6 Å². The molecule has 4 nitrogen and oxygen atoms in total. The molecular weight excluding hydrogens is 327 g/mol. The van der Waals surface area contributed by atoms with Crippen molar-refractivity contribution < 1.29 is 0 Å². The lowest BCUT2D eigenvalue weighted by molar-refractivity contribution is 0.534. The molecule has 0 radical (unpaired) electrons. The summed E-state index contributed by atoms with van der Waals surface area (Å²) in [6.45, 7) is 4.20. The van der Waals surface area contributed by atoms with Crippen molar-refractivity contribution in [1.82, 2.24) is 9.78 Å². The lowest BCUT2D eigenvalue weighted by Gasteiger charge is -2.07. The van der Waals surface area contributed by atoms with Crippen molar-refractivity contribution in [2.75, 3.05) is 11.1 Å². The molecule has 90 valence electrons. The number of hydrogen-bond acceptors (Lipinski definition) is 3. The van der Waals surface area contributed by atoms with E-state index in [9.17, 15) is 0 Å². The predicted molar refractivity (Wildman–Crippen MR) is 79.5 cm³/mol.